The average Bonchev–Trinajstić information content (AvgIpc) is 2.35. The summed E-state index contributed by atoms with van der Waals surface area (Å²) in [6.07, 6.45) is 5.39. The Bertz CT molecular complexity index is 379. The Morgan fingerprint density at radius 2 is 2.16 bits per heavy atom. The zero-order valence-corrected chi connectivity index (χ0v) is 13.3. The van der Waals surface area contributed by atoms with Crippen molar-refractivity contribution in [3.05, 3.63) is 34.3 Å². The molecule has 1 fully saturated rings. The second-order valence-electron chi connectivity index (χ2n) is 5.44. The number of hydrogen-bond acceptors (Lipinski definition) is 2. The number of halogens is 1. The molecule has 1 saturated carbocycles. The third kappa shape index (κ3) is 4.59. The zero-order valence-electron chi connectivity index (χ0n) is 11.7. The van der Waals surface area contributed by atoms with Crippen molar-refractivity contribution in [2.75, 3.05) is 26.8 Å². The molecular weight excluding hydrogens is 302 g/mol. The number of hydrogen-bond donors (Lipinski definition) is 1. The predicted molar refractivity (Wildman–Crippen MR) is 83.4 cm³/mol. The molecule has 0 aromatic heterocycles. The first-order valence-corrected chi connectivity index (χ1v) is 8.03. The topological polar surface area (TPSA) is 21.3 Å². The van der Waals surface area contributed by atoms with Crippen molar-refractivity contribution in [1.82, 2.24) is 5.32 Å². The molecule has 0 radical (unpaired) electrons. The number of ether oxygens (including phenoxy) is 1. The fourth-order valence-electron chi connectivity index (χ4n) is 2.72. The van der Waals surface area contributed by atoms with Crippen molar-refractivity contribution in [3.8, 4) is 0 Å². The second kappa shape index (κ2) is 8.03. The van der Waals surface area contributed by atoms with E-state index in [-0.39, 0.29) is 0 Å². The van der Waals surface area contributed by atoms with E-state index in [0.717, 1.165) is 31.5 Å². The van der Waals surface area contributed by atoms with Gasteiger partial charge in [0.25, 0.3) is 0 Å². The molecule has 0 saturated heterocycles. The minimum absolute atomic E-state index is 0.754. The number of rotatable bonds is 8. The Hall–Kier alpha value is -0.380. The predicted octanol–water partition coefficient (Wildman–Crippen LogP) is 3.64. The van der Waals surface area contributed by atoms with Gasteiger partial charge in [-0.3, -0.25) is 0 Å². The van der Waals surface area contributed by atoms with E-state index < -0.39 is 0 Å². The summed E-state index contributed by atoms with van der Waals surface area (Å²) in [5, 5.41) is 3.53. The smallest absolute Gasteiger partial charge is 0.0587 e. The zero-order chi connectivity index (χ0) is 13.5. The van der Waals surface area contributed by atoms with Gasteiger partial charge >= 0.3 is 0 Å². The van der Waals surface area contributed by atoms with E-state index in [0.29, 0.717) is 0 Å². The lowest BCUT2D eigenvalue weighted by atomic mass is 9.73. The van der Waals surface area contributed by atoms with Gasteiger partial charge in [-0.2, -0.15) is 0 Å². The van der Waals surface area contributed by atoms with Gasteiger partial charge in [-0.25, -0.2) is 0 Å². The highest BCUT2D eigenvalue weighted by atomic mass is 79.9. The Kier molecular flexibility index (Phi) is 6.35. The van der Waals surface area contributed by atoms with Gasteiger partial charge in [0.05, 0.1) is 6.61 Å². The highest BCUT2D eigenvalue weighted by Gasteiger charge is 2.27. The summed E-state index contributed by atoms with van der Waals surface area (Å²) >= 11 is 3.67. The van der Waals surface area contributed by atoms with E-state index in [2.05, 4.69) is 45.5 Å². The molecule has 1 aliphatic rings. The largest absolute Gasteiger partial charge is 0.383 e. The Balaban J connectivity index is 1.88. The van der Waals surface area contributed by atoms with Gasteiger partial charge in [-0.1, -0.05) is 53.4 Å². The van der Waals surface area contributed by atoms with E-state index in [4.69, 9.17) is 4.74 Å². The van der Waals surface area contributed by atoms with Crippen LogP contribution in [0.5, 0.6) is 0 Å². The van der Waals surface area contributed by atoms with Crippen LogP contribution >= 0.6 is 15.9 Å². The van der Waals surface area contributed by atoms with Crippen LogP contribution in [0.3, 0.4) is 0 Å². The first-order chi connectivity index (χ1) is 9.31. The third-order valence-electron chi connectivity index (χ3n) is 4.15. The maximum Gasteiger partial charge on any atom is 0.0587 e. The summed E-state index contributed by atoms with van der Waals surface area (Å²) in [6.45, 7) is 2.86. The molecule has 1 aromatic rings. The van der Waals surface area contributed by atoms with Gasteiger partial charge in [-0.15, -0.1) is 0 Å². The second-order valence-corrected chi connectivity index (χ2v) is 6.30. The van der Waals surface area contributed by atoms with Crippen molar-refractivity contribution in [1.29, 1.82) is 0 Å². The van der Waals surface area contributed by atoms with Gasteiger partial charge < -0.3 is 10.1 Å². The maximum atomic E-state index is 5.09. The minimum Gasteiger partial charge on any atom is -0.383 e. The molecule has 2 rings (SSSR count). The lowest BCUT2D eigenvalue weighted by Gasteiger charge is -2.34. The van der Waals surface area contributed by atoms with Crippen LogP contribution in [0.25, 0.3) is 0 Å². The lowest BCUT2D eigenvalue weighted by molar-refractivity contribution is 0.178. The van der Waals surface area contributed by atoms with Crippen LogP contribution < -0.4 is 5.32 Å². The highest BCUT2D eigenvalue weighted by molar-refractivity contribution is 9.10. The first-order valence-electron chi connectivity index (χ1n) is 7.24. The van der Waals surface area contributed by atoms with Gasteiger partial charge in [0.15, 0.2) is 0 Å². The highest BCUT2D eigenvalue weighted by Crippen LogP contribution is 2.35. The molecule has 0 spiro atoms. The van der Waals surface area contributed by atoms with Crippen molar-refractivity contribution in [2.45, 2.75) is 25.7 Å². The molecule has 106 valence electrons. The van der Waals surface area contributed by atoms with Crippen molar-refractivity contribution in [3.63, 3.8) is 0 Å². The molecule has 2 nitrogen and oxygen atoms in total. The molecule has 1 aromatic carbocycles. The van der Waals surface area contributed by atoms with Crippen molar-refractivity contribution < 1.29 is 4.74 Å². The van der Waals surface area contributed by atoms with Crippen LogP contribution in [0.4, 0.5) is 0 Å². The van der Waals surface area contributed by atoms with Crippen LogP contribution in [0, 0.1) is 11.8 Å². The fourth-order valence-corrected chi connectivity index (χ4v) is 3.17. The molecule has 1 atom stereocenters. The molecule has 0 bridgehead atoms. The normalized spacial score (nSPS) is 17.2. The standard InChI is InChI=1S/C16H24BrNO/c1-19-10-9-18-12-15(13-6-4-7-13)11-14-5-2-3-8-16(14)17/h2-3,5,8,13,15,18H,4,6-7,9-12H2,1H3. The van der Waals surface area contributed by atoms with Crippen molar-refractivity contribution in [2.24, 2.45) is 11.8 Å². The van der Waals surface area contributed by atoms with Crippen LogP contribution in [-0.2, 0) is 11.2 Å². The van der Waals surface area contributed by atoms with Crippen molar-refractivity contribution >= 4 is 15.9 Å². The van der Waals surface area contributed by atoms with Crippen LogP contribution in [-0.4, -0.2) is 26.8 Å². The SMILES string of the molecule is COCCNCC(Cc1ccccc1Br)C1CCC1. The van der Waals surface area contributed by atoms with Gasteiger partial charge in [0, 0.05) is 18.1 Å². The van der Waals surface area contributed by atoms with Gasteiger partial charge in [-0.05, 0) is 36.4 Å². The Morgan fingerprint density at radius 1 is 1.37 bits per heavy atom. The summed E-state index contributed by atoms with van der Waals surface area (Å²) in [5.41, 5.74) is 1.44. The molecule has 3 heteroatoms. The van der Waals surface area contributed by atoms with Crippen LogP contribution in [0.1, 0.15) is 24.8 Å². The van der Waals surface area contributed by atoms with E-state index in [9.17, 15) is 0 Å². The monoisotopic (exact) mass is 325 g/mol. The van der Waals surface area contributed by atoms with E-state index in [1.54, 1.807) is 7.11 Å². The average molecular weight is 326 g/mol. The van der Waals surface area contributed by atoms with Crippen LogP contribution in [0.15, 0.2) is 28.7 Å². The lowest BCUT2D eigenvalue weighted by Crippen LogP contribution is -2.34. The molecule has 0 heterocycles. The number of benzene rings is 1. The summed E-state index contributed by atoms with van der Waals surface area (Å²) in [4.78, 5) is 0. The first kappa shape index (κ1) is 15.0. The molecule has 1 N–H and O–H groups in total. The molecular formula is C16H24BrNO. The summed E-state index contributed by atoms with van der Waals surface area (Å²) in [5.74, 6) is 1.66. The third-order valence-corrected chi connectivity index (χ3v) is 4.92. The van der Waals surface area contributed by atoms with E-state index >= 15 is 0 Å². The van der Waals surface area contributed by atoms with Gasteiger partial charge in [0.1, 0.15) is 0 Å². The van der Waals surface area contributed by atoms with Gasteiger partial charge in [0.2, 0.25) is 0 Å². The molecule has 0 aliphatic heterocycles. The summed E-state index contributed by atoms with van der Waals surface area (Å²) < 4.78 is 6.34. The minimum atomic E-state index is 0.754. The summed E-state index contributed by atoms with van der Waals surface area (Å²) in [7, 11) is 1.76. The molecule has 1 unspecified atom stereocenters. The van der Waals surface area contributed by atoms with E-state index in [1.807, 2.05) is 0 Å². The maximum absolute atomic E-state index is 5.09. The fraction of sp³-hybridized carbons (Fsp3) is 0.625. The quantitative estimate of drug-likeness (QED) is 0.737. The van der Waals surface area contributed by atoms with Crippen LogP contribution in [0.2, 0.25) is 0 Å². The molecule has 0 amide bonds. The van der Waals surface area contributed by atoms with E-state index in [1.165, 1.54) is 35.7 Å². The number of methoxy groups -OCH3 is 1. The Labute approximate surface area is 125 Å². The summed E-state index contributed by atoms with van der Waals surface area (Å²) in [6, 6.07) is 8.61. The molecule has 1 aliphatic carbocycles. The number of nitrogens with one attached hydrogen (secondary N) is 1. The Morgan fingerprint density at radius 3 is 2.79 bits per heavy atom. The molecule has 19 heavy (non-hydrogen) atoms.